The number of hydrogen-bond donors (Lipinski definition) is 3. The first-order valence-electron chi connectivity index (χ1n) is 13.1. The lowest BCUT2D eigenvalue weighted by atomic mass is 9.89. The fourth-order valence-electron chi connectivity index (χ4n) is 4.81. The molecule has 4 atom stereocenters. The maximum atomic E-state index is 13.4. The molecule has 4 unspecified atom stereocenters. The lowest BCUT2D eigenvalue weighted by Crippen LogP contribution is -2.82. The monoisotopic (exact) mass is 696 g/mol. The number of carboxylic acids is 1. The quantitative estimate of drug-likeness (QED) is 0.0672. The third kappa shape index (κ3) is 6.30. The Morgan fingerprint density at radius 1 is 1.26 bits per heavy atom. The summed E-state index contributed by atoms with van der Waals surface area (Å²) in [4.78, 5) is 94.9. The molecule has 3 amide bonds. The van der Waals surface area contributed by atoms with Crippen molar-refractivity contribution in [2.75, 3.05) is 23.6 Å². The standard InChI is InChI=1S/C25H21ClN6O12S2/c26-6-16(33)28-24-27-13(9-46-24)19(30-43-8-18(35)42-7-11-1-3-12(4-2-11)32(40)41)21(36)29-20-14-10-45-15-5-17(34)44-25(15,23(38)39)31(14)22(20)37/h1-4,9,14-15,20H,5-8,10H2,(H,29,36)(H,38,39)(H,27,28,33)/b30-19+. The second-order valence-electron chi connectivity index (χ2n) is 9.75. The number of carboxylic acid groups (broad SMARTS) is 1. The second-order valence-corrected chi connectivity index (χ2v) is 12.1. The summed E-state index contributed by atoms with van der Waals surface area (Å²) in [6.45, 7) is -1.01. The molecule has 3 N–H and O–H groups in total. The number of alkyl halides is 1. The fraction of sp³-hybridized carbons (Fsp3) is 0.360. The number of carbonyl (C=O) groups excluding carboxylic acids is 5. The third-order valence-electron chi connectivity index (χ3n) is 6.91. The van der Waals surface area contributed by atoms with Crippen LogP contribution in [0.25, 0.3) is 0 Å². The summed E-state index contributed by atoms with van der Waals surface area (Å²) in [5, 5.41) is 29.9. The van der Waals surface area contributed by atoms with Crippen molar-refractivity contribution < 1.29 is 53.1 Å². The van der Waals surface area contributed by atoms with Crippen LogP contribution in [-0.4, -0.2) is 103 Å². The summed E-state index contributed by atoms with van der Waals surface area (Å²) in [5.74, 6) is -5.72. The SMILES string of the molecule is O=C(CCl)Nc1nc(/C(=N\OCC(=O)OCc2ccc([N+](=O)[O-])cc2)C(=O)NC2C(=O)N3C2CSC2CC(=O)OC23C(=O)O)cs1. The summed E-state index contributed by atoms with van der Waals surface area (Å²) in [5.41, 5.74) is -2.49. The van der Waals surface area contributed by atoms with Gasteiger partial charge in [0.2, 0.25) is 12.5 Å². The van der Waals surface area contributed by atoms with E-state index in [1.807, 2.05) is 0 Å². The highest BCUT2D eigenvalue weighted by Gasteiger charge is 2.71. The van der Waals surface area contributed by atoms with Crippen LogP contribution < -0.4 is 10.6 Å². The maximum Gasteiger partial charge on any atom is 0.371 e. The highest BCUT2D eigenvalue weighted by molar-refractivity contribution is 8.00. The number of nitrogens with one attached hydrogen (secondary N) is 2. The molecule has 0 spiro atoms. The molecule has 0 saturated carbocycles. The van der Waals surface area contributed by atoms with Crippen molar-refractivity contribution in [1.29, 1.82) is 0 Å². The molecule has 21 heteroatoms. The minimum atomic E-state index is -2.19. The molecular formula is C25H21ClN6O12S2. The van der Waals surface area contributed by atoms with Crippen LogP contribution in [0.4, 0.5) is 10.8 Å². The van der Waals surface area contributed by atoms with Gasteiger partial charge in [-0.1, -0.05) is 5.16 Å². The van der Waals surface area contributed by atoms with E-state index in [9.17, 15) is 44.0 Å². The topological polar surface area (TPSA) is 246 Å². The van der Waals surface area contributed by atoms with Crippen LogP contribution in [0.2, 0.25) is 0 Å². The summed E-state index contributed by atoms with van der Waals surface area (Å²) in [6.07, 6.45) is -0.193. The number of rotatable bonds is 12. The number of nitro benzene ring substituents is 1. The Morgan fingerprint density at radius 2 is 2.00 bits per heavy atom. The maximum absolute atomic E-state index is 13.4. The van der Waals surface area contributed by atoms with Crippen molar-refractivity contribution >= 4 is 86.9 Å². The smallest absolute Gasteiger partial charge is 0.371 e. The average molecular weight is 697 g/mol. The number of anilines is 1. The zero-order valence-electron chi connectivity index (χ0n) is 23.1. The molecule has 1 aromatic carbocycles. The van der Waals surface area contributed by atoms with E-state index in [0.717, 1.165) is 28.0 Å². The summed E-state index contributed by atoms with van der Waals surface area (Å²) >= 11 is 7.55. The third-order valence-corrected chi connectivity index (χ3v) is 9.33. The van der Waals surface area contributed by atoms with Crippen LogP contribution in [0.5, 0.6) is 0 Å². The molecule has 46 heavy (non-hydrogen) atoms. The number of esters is 2. The van der Waals surface area contributed by atoms with Crippen molar-refractivity contribution in [2.24, 2.45) is 5.16 Å². The number of halogens is 1. The van der Waals surface area contributed by atoms with Gasteiger partial charge in [-0.25, -0.2) is 14.6 Å². The highest BCUT2D eigenvalue weighted by atomic mass is 35.5. The number of thiazole rings is 1. The van der Waals surface area contributed by atoms with Gasteiger partial charge in [0, 0.05) is 23.3 Å². The van der Waals surface area contributed by atoms with E-state index in [4.69, 9.17) is 25.9 Å². The van der Waals surface area contributed by atoms with Crippen molar-refractivity contribution in [3.05, 3.63) is 51.0 Å². The largest absolute Gasteiger partial charge is 0.477 e. The molecule has 2 aromatic rings. The molecule has 242 valence electrons. The number of aliphatic carboxylic acids is 1. The Balaban J connectivity index is 1.27. The molecule has 5 rings (SSSR count). The lowest BCUT2D eigenvalue weighted by Gasteiger charge is -2.56. The molecule has 18 nitrogen and oxygen atoms in total. The first-order valence-corrected chi connectivity index (χ1v) is 15.5. The van der Waals surface area contributed by atoms with Gasteiger partial charge in [0.1, 0.15) is 24.2 Å². The Kier molecular flexibility index (Phi) is 9.39. The van der Waals surface area contributed by atoms with E-state index in [-0.39, 0.29) is 41.2 Å². The van der Waals surface area contributed by atoms with E-state index < -0.39 is 75.9 Å². The fourth-order valence-corrected chi connectivity index (χ4v) is 7.10. The molecule has 3 fully saturated rings. The second kappa shape index (κ2) is 13.3. The molecule has 0 radical (unpaired) electrons. The van der Waals surface area contributed by atoms with E-state index in [1.165, 1.54) is 29.6 Å². The minimum absolute atomic E-state index is 0.0516. The summed E-state index contributed by atoms with van der Waals surface area (Å²) in [6, 6.07) is 3.22. The predicted molar refractivity (Wildman–Crippen MR) is 157 cm³/mol. The Hall–Kier alpha value is -4.82. The molecule has 4 heterocycles. The van der Waals surface area contributed by atoms with Gasteiger partial charge in [0.05, 0.1) is 22.6 Å². The van der Waals surface area contributed by atoms with Gasteiger partial charge in [-0.05, 0) is 17.7 Å². The van der Waals surface area contributed by atoms with Gasteiger partial charge in [-0.3, -0.25) is 34.2 Å². The number of nitrogens with zero attached hydrogens (tertiary/aromatic N) is 4. The normalized spacial score (nSPS) is 23.3. The number of non-ortho nitro benzene ring substituents is 1. The van der Waals surface area contributed by atoms with Crippen molar-refractivity contribution in [3.8, 4) is 0 Å². The molecular weight excluding hydrogens is 676 g/mol. The number of fused-ring (bicyclic) bond motifs is 3. The zero-order chi connectivity index (χ0) is 33.2. The number of hydrogen-bond acceptors (Lipinski definition) is 15. The average Bonchev–Trinajstić information content (AvgIpc) is 3.63. The van der Waals surface area contributed by atoms with Crippen LogP contribution in [0.15, 0.2) is 34.8 Å². The van der Waals surface area contributed by atoms with Gasteiger partial charge in [-0.15, -0.1) is 34.7 Å². The van der Waals surface area contributed by atoms with Crippen molar-refractivity contribution in [1.82, 2.24) is 15.2 Å². The highest BCUT2D eigenvalue weighted by Crippen LogP contribution is 2.49. The van der Waals surface area contributed by atoms with Gasteiger partial charge in [-0.2, -0.15) is 0 Å². The van der Waals surface area contributed by atoms with E-state index in [0.29, 0.717) is 5.56 Å². The number of carbonyl (C=O) groups is 6. The summed E-state index contributed by atoms with van der Waals surface area (Å²) < 4.78 is 10.2. The number of benzene rings is 1. The van der Waals surface area contributed by atoms with Crippen LogP contribution in [0.1, 0.15) is 17.7 Å². The zero-order valence-corrected chi connectivity index (χ0v) is 25.5. The molecule has 1 aromatic heterocycles. The van der Waals surface area contributed by atoms with Crippen LogP contribution in [0, 0.1) is 10.1 Å². The molecule has 3 aliphatic heterocycles. The summed E-state index contributed by atoms with van der Waals surface area (Å²) in [7, 11) is 0. The Labute approximate surface area is 270 Å². The number of ether oxygens (including phenoxy) is 2. The lowest BCUT2D eigenvalue weighted by molar-refractivity contribution is -0.384. The molecule has 3 aliphatic rings. The molecule has 0 aliphatic carbocycles. The van der Waals surface area contributed by atoms with Gasteiger partial charge in [0.15, 0.2) is 10.8 Å². The van der Waals surface area contributed by atoms with Crippen molar-refractivity contribution in [3.63, 3.8) is 0 Å². The number of aromatic nitrogens is 1. The van der Waals surface area contributed by atoms with E-state index in [2.05, 4.69) is 20.8 Å². The molecule has 3 saturated heterocycles. The molecule has 0 bridgehead atoms. The van der Waals surface area contributed by atoms with Crippen molar-refractivity contribution in [2.45, 2.75) is 36.1 Å². The Bertz CT molecular complexity index is 1650. The Morgan fingerprint density at radius 3 is 2.67 bits per heavy atom. The van der Waals surface area contributed by atoms with E-state index >= 15 is 0 Å². The number of oxime groups is 1. The van der Waals surface area contributed by atoms with Gasteiger partial charge >= 0.3 is 17.9 Å². The minimum Gasteiger partial charge on any atom is -0.477 e. The van der Waals surface area contributed by atoms with Crippen LogP contribution >= 0.6 is 34.7 Å². The number of amides is 3. The number of nitro groups is 1. The first-order chi connectivity index (χ1) is 21.9. The van der Waals surface area contributed by atoms with Crippen LogP contribution in [-0.2, 0) is 49.7 Å². The number of thioether (sulfide) groups is 1. The van der Waals surface area contributed by atoms with Gasteiger partial charge in [0.25, 0.3) is 23.2 Å². The number of β-lactam (4-membered cyclic amide) rings is 1. The van der Waals surface area contributed by atoms with Crippen LogP contribution in [0.3, 0.4) is 0 Å². The first kappa shape index (κ1) is 32.6. The van der Waals surface area contributed by atoms with E-state index in [1.54, 1.807) is 0 Å². The van der Waals surface area contributed by atoms with Gasteiger partial charge < -0.3 is 30.1 Å². The predicted octanol–water partition coefficient (Wildman–Crippen LogP) is 0.232.